The maximum atomic E-state index is 13.2. The molecule has 1 saturated carbocycles. The standard InChI is InChI=1S/C31H36N4O2/c1-20-9-10-24(15-25(20)17-32)28(36)16-26-18-33-31-29(30(26)37-4)27(19-34(31)3)23-11-13-35(14-12-23)21(2)22-7-5-6-8-22/h9-10,15,18-19,22-23H,2,5-8,11-14,16H2,1,3-4H3. The lowest BCUT2D eigenvalue weighted by molar-refractivity contribution is 0.0992. The number of carbonyl (C=O) groups excluding carboxylic acids is 1. The summed E-state index contributed by atoms with van der Waals surface area (Å²) in [5.74, 6) is 1.76. The number of aromatic nitrogens is 2. The summed E-state index contributed by atoms with van der Waals surface area (Å²) >= 11 is 0. The number of carbonyl (C=O) groups is 1. The molecule has 0 spiro atoms. The summed E-state index contributed by atoms with van der Waals surface area (Å²) < 4.78 is 8.02. The first-order valence-corrected chi connectivity index (χ1v) is 13.4. The lowest BCUT2D eigenvalue weighted by atomic mass is 9.88. The maximum Gasteiger partial charge on any atom is 0.167 e. The second-order valence-corrected chi connectivity index (χ2v) is 10.7. The van der Waals surface area contributed by atoms with E-state index in [0.29, 0.717) is 23.0 Å². The molecule has 1 aromatic carbocycles. The van der Waals surface area contributed by atoms with Gasteiger partial charge in [0.15, 0.2) is 5.78 Å². The first kappa shape index (κ1) is 25.1. The normalized spacial score (nSPS) is 16.8. The number of nitrogens with zero attached hydrogens (tertiary/aromatic N) is 4. The number of ether oxygens (including phenoxy) is 1. The molecular weight excluding hydrogens is 460 g/mol. The molecule has 6 heteroatoms. The number of piperidine rings is 1. The fourth-order valence-corrected chi connectivity index (χ4v) is 6.24. The second kappa shape index (κ2) is 10.4. The van der Waals surface area contributed by atoms with Gasteiger partial charge in [-0.15, -0.1) is 0 Å². The molecule has 3 heterocycles. The van der Waals surface area contributed by atoms with Crippen molar-refractivity contribution >= 4 is 16.8 Å². The topological polar surface area (TPSA) is 71.2 Å². The van der Waals surface area contributed by atoms with Crippen molar-refractivity contribution in [3.8, 4) is 11.8 Å². The van der Waals surface area contributed by atoms with Gasteiger partial charge in [0.05, 0.1) is 24.1 Å². The van der Waals surface area contributed by atoms with Crippen molar-refractivity contribution in [2.75, 3.05) is 20.2 Å². The van der Waals surface area contributed by atoms with Gasteiger partial charge in [0.1, 0.15) is 11.4 Å². The van der Waals surface area contributed by atoms with Crippen molar-refractivity contribution in [1.82, 2.24) is 14.5 Å². The number of ketones is 1. The Morgan fingerprint density at radius 3 is 2.62 bits per heavy atom. The van der Waals surface area contributed by atoms with Crippen molar-refractivity contribution in [2.24, 2.45) is 13.0 Å². The van der Waals surface area contributed by atoms with Crippen LogP contribution in [0.15, 0.2) is 42.9 Å². The molecule has 6 nitrogen and oxygen atoms in total. The monoisotopic (exact) mass is 496 g/mol. The molecule has 3 aromatic rings. The third kappa shape index (κ3) is 4.75. The Hall–Kier alpha value is -3.59. The van der Waals surface area contributed by atoms with Crippen molar-refractivity contribution in [1.29, 1.82) is 5.26 Å². The number of methoxy groups -OCH3 is 1. The number of rotatable bonds is 7. The molecule has 1 aliphatic heterocycles. The number of aryl methyl sites for hydroxylation is 2. The molecule has 0 atom stereocenters. The molecule has 192 valence electrons. The molecule has 1 saturated heterocycles. The van der Waals surface area contributed by atoms with E-state index in [-0.39, 0.29) is 12.2 Å². The van der Waals surface area contributed by atoms with Crippen LogP contribution in [0.25, 0.3) is 11.0 Å². The quantitative estimate of drug-likeness (QED) is 0.371. The number of fused-ring (bicyclic) bond motifs is 1. The van der Waals surface area contributed by atoms with Crippen LogP contribution in [-0.4, -0.2) is 40.4 Å². The summed E-state index contributed by atoms with van der Waals surface area (Å²) in [6.07, 6.45) is 11.5. The van der Waals surface area contributed by atoms with Crippen molar-refractivity contribution in [3.05, 3.63) is 70.7 Å². The highest BCUT2D eigenvalue weighted by atomic mass is 16.5. The van der Waals surface area contributed by atoms with Crippen LogP contribution in [0.5, 0.6) is 5.75 Å². The third-order valence-corrected chi connectivity index (χ3v) is 8.44. The predicted molar refractivity (Wildman–Crippen MR) is 146 cm³/mol. The van der Waals surface area contributed by atoms with Gasteiger partial charge in [0.2, 0.25) is 0 Å². The summed E-state index contributed by atoms with van der Waals surface area (Å²) in [4.78, 5) is 20.4. The number of nitriles is 1. The molecule has 1 aliphatic carbocycles. The van der Waals surface area contributed by atoms with Crippen LogP contribution in [0.2, 0.25) is 0 Å². The van der Waals surface area contributed by atoms with Gasteiger partial charge in [0.25, 0.3) is 0 Å². The van der Waals surface area contributed by atoms with Gasteiger partial charge in [-0.05, 0) is 61.6 Å². The zero-order valence-corrected chi connectivity index (χ0v) is 22.2. The number of allylic oxidation sites excluding steroid dienone is 1. The van der Waals surface area contributed by atoms with Crippen molar-refractivity contribution in [2.45, 2.75) is 57.8 Å². The van der Waals surface area contributed by atoms with Crippen LogP contribution in [0.4, 0.5) is 0 Å². The van der Waals surface area contributed by atoms with Crippen LogP contribution in [-0.2, 0) is 13.5 Å². The van der Waals surface area contributed by atoms with Gasteiger partial charge in [-0.1, -0.05) is 31.6 Å². The fourth-order valence-electron chi connectivity index (χ4n) is 6.24. The number of pyridine rings is 1. The van der Waals surface area contributed by atoms with E-state index in [1.54, 1.807) is 25.4 Å². The molecule has 37 heavy (non-hydrogen) atoms. The summed E-state index contributed by atoms with van der Waals surface area (Å²) in [7, 11) is 3.70. The Morgan fingerprint density at radius 2 is 1.95 bits per heavy atom. The minimum absolute atomic E-state index is 0.0489. The number of likely N-dealkylation sites (tertiary alicyclic amines) is 1. The third-order valence-electron chi connectivity index (χ3n) is 8.44. The molecular formula is C31H36N4O2. The first-order chi connectivity index (χ1) is 17.9. The fraction of sp³-hybridized carbons (Fsp3) is 0.452. The maximum absolute atomic E-state index is 13.2. The van der Waals surface area contributed by atoms with Crippen LogP contribution in [0.3, 0.4) is 0 Å². The summed E-state index contributed by atoms with van der Waals surface area (Å²) in [5, 5.41) is 10.4. The minimum Gasteiger partial charge on any atom is -0.496 e. The first-order valence-electron chi connectivity index (χ1n) is 13.4. The van der Waals surface area contributed by atoms with Crippen molar-refractivity contribution < 1.29 is 9.53 Å². The molecule has 0 unspecified atom stereocenters. The van der Waals surface area contributed by atoms with E-state index in [0.717, 1.165) is 53.8 Å². The van der Waals surface area contributed by atoms with E-state index in [1.807, 2.05) is 20.0 Å². The molecule has 5 rings (SSSR count). The summed E-state index contributed by atoms with van der Waals surface area (Å²) in [6, 6.07) is 7.47. The molecule has 0 amide bonds. The SMILES string of the molecule is C=C(C1CCCC1)N1CCC(c2cn(C)c3ncc(CC(=O)c4ccc(C)c(C#N)c4)c(OC)c23)CC1. The lowest BCUT2D eigenvalue weighted by Crippen LogP contribution is -2.34. The Labute approximate surface area is 219 Å². The Bertz CT molecular complexity index is 1380. The zero-order chi connectivity index (χ0) is 26.1. The highest BCUT2D eigenvalue weighted by Gasteiger charge is 2.29. The van der Waals surface area contributed by atoms with E-state index in [1.165, 1.54) is 36.9 Å². The highest BCUT2D eigenvalue weighted by Crippen LogP contribution is 2.41. The lowest BCUT2D eigenvalue weighted by Gasteiger charge is -2.37. The van der Waals surface area contributed by atoms with E-state index in [2.05, 4.69) is 28.3 Å². The van der Waals surface area contributed by atoms with Gasteiger partial charge in [-0.3, -0.25) is 4.79 Å². The van der Waals surface area contributed by atoms with Crippen LogP contribution in [0.1, 0.15) is 77.1 Å². The molecule has 2 aromatic heterocycles. The van der Waals surface area contributed by atoms with Gasteiger partial charge in [-0.2, -0.15) is 5.26 Å². The van der Waals surface area contributed by atoms with Crippen LogP contribution < -0.4 is 4.74 Å². The zero-order valence-electron chi connectivity index (χ0n) is 22.2. The molecule has 0 radical (unpaired) electrons. The van der Waals surface area contributed by atoms with Crippen molar-refractivity contribution in [3.63, 3.8) is 0 Å². The van der Waals surface area contributed by atoms with E-state index < -0.39 is 0 Å². The largest absolute Gasteiger partial charge is 0.496 e. The van der Waals surface area contributed by atoms with Gasteiger partial charge < -0.3 is 14.2 Å². The number of hydrogen-bond donors (Lipinski definition) is 0. The minimum atomic E-state index is -0.0489. The molecule has 2 aliphatic rings. The Kier molecular flexibility index (Phi) is 7.06. The smallest absolute Gasteiger partial charge is 0.167 e. The number of benzene rings is 1. The van der Waals surface area contributed by atoms with Crippen LogP contribution >= 0.6 is 0 Å². The number of Topliss-reactive ketones (excluding diaryl/α,β-unsaturated/α-hetero) is 1. The highest BCUT2D eigenvalue weighted by molar-refractivity contribution is 5.99. The Balaban J connectivity index is 1.40. The van der Waals surface area contributed by atoms with Gasteiger partial charge >= 0.3 is 0 Å². The molecule has 2 fully saturated rings. The van der Waals surface area contributed by atoms with E-state index in [9.17, 15) is 10.1 Å². The number of hydrogen-bond acceptors (Lipinski definition) is 5. The Morgan fingerprint density at radius 1 is 1.22 bits per heavy atom. The molecule has 0 bridgehead atoms. The van der Waals surface area contributed by atoms with Gasteiger partial charge in [0, 0.05) is 55.8 Å². The summed E-state index contributed by atoms with van der Waals surface area (Å²) in [6.45, 7) is 8.39. The van der Waals surface area contributed by atoms with Crippen LogP contribution in [0, 0.1) is 24.2 Å². The average molecular weight is 497 g/mol. The second-order valence-electron chi connectivity index (χ2n) is 10.7. The van der Waals surface area contributed by atoms with E-state index >= 15 is 0 Å². The summed E-state index contributed by atoms with van der Waals surface area (Å²) in [5.41, 5.74) is 6.17. The van der Waals surface area contributed by atoms with Gasteiger partial charge in [-0.25, -0.2) is 4.98 Å². The van der Waals surface area contributed by atoms with E-state index in [4.69, 9.17) is 9.72 Å². The average Bonchev–Trinajstić information content (AvgIpc) is 3.57. The molecule has 0 N–H and O–H groups in total. The predicted octanol–water partition coefficient (Wildman–Crippen LogP) is 6.07.